The minimum atomic E-state index is -4.33. The van der Waals surface area contributed by atoms with Gasteiger partial charge in [0.25, 0.3) is 0 Å². The Balaban J connectivity index is 2.07. The van der Waals surface area contributed by atoms with Gasteiger partial charge in [0, 0.05) is 17.3 Å². The van der Waals surface area contributed by atoms with Crippen molar-refractivity contribution in [2.75, 3.05) is 0 Å². The predicted octanol–water partition coefficient (Wildman–Crippen LogP) is 3.05. The Morgan fingerprint density at radius 2 is 1.79 bits per heavy atom. The van der Waals surface area contributed by atoms with Crippen LogP contribution in [-0.2, 0) is 6.18 Å². The molecule has 0 saturated carbocycles. The van der Waals surface area contributed by atoms with E-state index in [0.717, 1.165) is 17.8 Å². The van der Waals surface area contributed by atoms with Crippen LogP contribution in [-0.4, -0.2) is 19.8 Å². The highest BCUT2D eigenvalue weighted by atomic mass is 19.4. The summed E-state index contributed by atoms with van der Waals surface area (Å²) in [6.07, 6.45) is -4.33. The van der Waals surface area contributed by atoms with Crippen molar-refractivity contribution in [3.05, 3.63) is 41.6 Å². The molecule has 2 aromatic heterocycles. The van der Waals surface area contributed by atoms with E-state index in [1.807, 2.05) is 6.92 Å². The number of aryl methyl sites for hydroxylation is 1. The van der Waals surface area contributed by atoms with Gasteiger partial charge in [0.2, 0.25) is 0 Å². The van der Waals surface area contributed by atoms with Gasteiger partial charge in [0.1, 0.15) is 0 Å². The molecule has 0 saturated heterocycles. The van der Waals surface area contributed by atoms with Gasteiger partial charge < -0.3 is 0 Å². The number of H-pyrrole nitrogens is 1. The molecule has 0 unspecified atom stereocenters. The molecule has 98 valence electrons. The molecule has 7 heteroatoms. The van der Waals surface area contributed by atoms with Crippen molar-refractivity contribution in [3.8, 4) is 11.4 Å². The minimum absolute atomic E-state index is 0.483. The summed E-state index contributed by atoms with van der Waals surface area (Å²) in [5.41, 5.74) is 1.42. The second-order valence-electron chi connectivity index (χ2n) is 4.23. The lowest BCUT2D eigenvalue weighted by molar-refractivity contribution is -0.137. The topological polar surface area (TPSA) is 46.0 Å². The molecule has 0 aliphatic carbocycles. The molecule has 3 aromatic rings. The summed E-state index contributed by atoms with van der Waals surface area (Å²) in [4.78, 5) is 0. The number of nitrogens with zero attached hydrogens (tertiary/aromatic N) is 3. The molecule has 0 aliphatic heterocycles. The van der Waals surface area contributed by atoms with Gasteiger partial charge in [-0.2, -0.15) is 13.2 Å². The second-order valence-corrected chi connectivity index (χ2v) is 4.23. The highest BCUT2D eigenvalue weighted by molar-refractivity contribution is 5.59. The van der Waals surface area contributed by atoms with E-state index in [2.05, 4.69) is 15.3 Å². The smallest absolute Gasteiger partial charge is 0.295 e. The molecule has 0 radical (unpaired) electrons. The molecule has 0 fully saturated rings. The SMILES string of the molecule is Cc1cc2nnc(-c3ccc(C(F)(F)F)cc3)n2[nH]1. The minimum Gasteiger partial charge on any atom is -0.295 e. The average Bonchev–Trinajstić information content (AvgIpc) is 2.86. The van der Waals surface area contributed by atoms with Crippen LogP contribution >= 0.6 is 0 Å². The molecule has 1 aromatic carbocycles. The molecule has 4 nitrogen and oxygen atoms in total. The third kappa shape index (κ3) is 1.96. The zero-order chi connectivity index (χ0) is 13.6. The molecular weight excluding hydrogens is 257 g/mol. The summed E-state index contributed by atoms with van der Waals surface area (Å²) in [7, 11) is 0. The van der Waals surface area contributed by atoms with E-state index in [1.165, 1.54) is 12.1 Å². The quantitative estimate of drug-likeness (QED) is 0.735. The fraction of sp³-hybridized carbons (Fsp3) is 0.167. The van der Waals surface area contributed by atoms with Crippen LogP contribution in [0.25, 0.3) is 17.0 Å². The number of rotatable bonds is 1. The molecule has 0 amide bonds. The van der Waals surface area contributed by atoms with E-state index in [0.29, 0.717) is 17.0 Å². The van der Waals surface area contributed by atoms with Gasteiger partial charge in [-0.3, -0.25) is 5.10 Å². The summed E-state index contributed by atoms with van der Waals surface area (Å²) in [5.74, 6) is 0.483. The van der Waals surface area contributed by atoms with Crippen LogP contribution in [0.2, 0.25) is 0 Å². The van der Waals surface area contributed by atoms with Crippen molar-refractivity contribution in [2.24, 2.45) is 0 Å². The lowest BCUT2D eigenvalue weighted by Gasteiger charge is -2.06. The van der Waals surface area contributed by atoms with Gasteiger partial charge in [-0.05, 0) is 19.1 Å². The Morgan fingerprint density at radius 1 is 1.11 bits per heavy atom. The predicted molar refractivity (Wildman–Crippen MR) is 62.5 cm³/mol. The van der Waals surface area contributed by atoms with Crippen LogP contribution in [0.3, 0.4) is 0 Å². The van der Waals surface area contributed by atoms with Crippen molar-refractivity contribution in [1.82, 2.24) is 19.8 Å². The number of hydrogen-bond acceptors (Lipinski definition) is 2. The lowest BCUT2D eigenvalue weighted by Crippen LogP contribution is -2.04. The van der Waals surface area contributed by atoms with Crippen LogP contribution < -0.4 is 0 Å². The fourth-order valence-electron chi connectivity index (χ4n) is 1.90. The Kier molecular flexibility index (Phi) is 2.38. The van der Waals surface area contributed by atoms with Crippen molar-refractivity contribution in [2.45, 2.75) is 13.1 Å². The Bertz CT molecular complexity index is 722. The molecule has 0 atom stereocenters. The van der Waals surface area contributed by atoms with E-state index < -0.39 is 11.7 Å². The normalized spacial score (nSPS) is 12.2. The molecule has 2 heterocycles. The van der Waals surface area contributed by atoms with Gasteiger partial charge in [-0.15, -0.1) is 10.2 Å². The number of benzene rings is 1. The van der Waals surface area contributed by atoms with E-state index in [9.17, 15) is 13.2 Å². The van der Waals surface area contributed by atoms with E-state index in [4.69, 9.17) is 0 Å². The number of nitrogens with one attached hydrogen (secondary N) is 1. The van der Waals surface area contributed by atoms with Crippen LogP contribution in [0.1, 0.15) is 11.3 Å². The summed E-state index contributed by atoms with van der Waals surface area (Å²) < 4.78 is 39.1. The third-order valence-electron chi connectivity index (χ3n) is 2.79. The van der Waals surface area contributed by atoms with E-state index in [-0.39, 0.29) is 0 Å². The summed E-state index contributed by atoms with van der Waals surface area (Å²) in [6.45, 7) is 1.87. The number of aromatic nitrogens is 4. The zero-order valence-corrected chi connectivity index (χ0v) is 9.86. The second kappa shape index (κ2) is 3.84. The molecule has 1 N–H and O–H groups in total. The Morgan fingerprint density at radius 3 is 2.42 bits per heavy atom. The van der Waals surface area contributed by atoms with E-state index >= 15 is 0 Å². The highest BCUT2D eigenvalue weighted by Gasteiger charge is 2.30. The molecule has 0 aliphatic rings. The number of fused-ring (bicyclic) bond motifs is 1. The fourth-order valence-corrected chi connectivity index (χ4v) is 1.90. The molecule has 3 rings (SSSR count). The van der Waals surface area contributed by atoms with Crippen molar-refractivity contribution in [3.63, 3.8) is 0 Å². The first kappa shape index (κ1) is 11.8. The van der Waals surface area contributed by atoms with Crippen molar-refractivity contribution >= 4 is 5.65 Å². The zero-order valence-electron chi connectivity index (χ0n) is 9.86. The number of hydrogen-bond donors (Lipinski definition) is 1. The maximum absolute atomic E-state index is 12.5. The highest BCUT2D eigenvalue weighted by Crippen LogP contribution is 2.30. The standard InChI is InChI=1S/C12H9F3N4/c1-7-6-10-16-17-11(19(10)18-7)8-2-4-9(5-3-8)12(13,14)15/h2-6,18H,1H3. The van der Waals surface area contributed by atoms with Gasteiger partial charge in [-0.1, -0.05) is 12.1 Å². The summed E-state index contributed by atoms with van der Waals surface area (Å²) in [5, 5.41) is 10.9. The number of aromatic amines is 1. The average molecular weight is 266 g/mol. The monoisotopic (exact) mass is 266 g/mol. The first-order valence-corrected chi connectivity index (χ1v) is 5.53. The summed E-state index contributed by atoms with van der Waals surface area (Å²) >= 11 is 0. The van der Waals surface area contributed by atoms with Crippen LogP contribution in [0.15, 0.2) is 30.3 Å². The largest absolute Gasteiger partial charge is 0.416 e. The van der Waals surface area contributed by atoms with Crippen molar-refractivity contribution < 1.29 is 13.2 Å². The van der Waals surface area contributed by atoms with Gasteiger partial charge in [-0.25, -0.2) is 4.52 Å². The molecule has 0 bridgehead atoms. The van der Waals surface area contributed by atoms with Gasteiger partial charge >= 0.3 is 6.18 Å². The summed E-state index contributed by atoms with van der Waals surface area (Å²) in [6, 6.07) is 6.64. The van der Waals surface area contributed by atoms with Crippen LogP contribution in [0, 0.1) is 6.92 Å². The Labute approximate surface area is 105 Å². The van der Waals surface area contributed by atoms with Crippen molar-refractivity contribution in [1.29, 1.82) is 0 Å². The molecule has 19 heavy (non-hydrogen) atoms. The lowest BCUT2D eigenvalue weighted by atomic mass is 10.1. The number of alkyl halides is 3. The maximum Gasteiger partial charge on any atom is 0.416 e. The first-order valence-electron chi connectivity index (χ1n) is 5.53. The van der Waals surface area contributed by atoms with Gasteiger partial charge in [0.05, 0.1) is 5.56 Å². The Hall–Kier alpha value is -2.31. The molecule has 0 spiro atoms. The van der Waals surface area contributed by atoms with Crippen LogP contribution in [0.4, 0.5) is 13.2 Å². The van der Waals surface area contributed by atoms with Crippen LogP contribution in [0.5, 0.6) is 0 Å². The third-order valence-corrected chi connectivity index (χ3v) is 2.79. The first-order chi connectivity index (χ1) is 8.95. The maximum atomic E-state index is 12.5. The molecular formula is C12H9F3N4. The van der Waals surface area contributed by atoms with Gasteiger partial charge in [0.15, 0.2) is 11.5 Å². The van der Waals surface area contributed by atoms with E-state index in [1.54, 1.807) is 10.6 Å². The number of halogens is 3.